The van der Waals surface area contributed by atoms with Gasteiger partial charge in [0.05, 0.1) is 0 Å². The first-order valence-corrected chi connectivity index (χ1v) is 4.89. The van der Waals surface area contributed by atoms with Crippen molar-refractivity contribution in [3.05, 3.63) is 23.0 Å². The van der Waals surface area contributed by atoms with Crippen molar-refractivity contribution in [1.82, 2.24) is 4.57 Å². The second-order valence-corrected chi connectivity index (χ2v) is 3.97. The van der Waals surface area contributed by atoms with Crippen molar-refractivity contribution in [3.8, 4) is 0 Å². The summed E-state index contributed by atoms with van der Waals surface area (Å²) in [4.78, 5) is 0. The van der Waals surface area contributed by atoms with Gasteiger partial charge >= 0.3 is 0 Å². The molecule has 1 rings (SSSR count). The van der Waals surface area contributed by atoms with E-state index < -0.39 is 0 Å². The van der Waals surface area contributed by atoms with Crippen LogP contribution in [0.5, 0.6) is 0 Å². The smallest absolute Gasteiger partial charge is 0.0175 e. The molecule has 1 aromatic heterocycles. The quantitative estimate of drug-likeness (QED) is 0.757. The summed E-state index contributed by atoms with van der Waals surface area (Å²) in [5.41, 5.74) is 9.87. The third-order valence-corrected chi connectivity index (χ3v) is 2.75. The van der Waals surface area contributed by atoms with Crippen molar-refractivity contribution in [1.29, 1.82) is 0 Å². The minimum Gasteiger partial charge on any atom is -0.352 e. The Labute approximate surface area is 80.7 Å². The number of aryl methyl sites for hydroxylation is 2. The molecule has 13 heavy (non-hydrogen) atoms. The molecular formula is C11H20N2. The van der Waals surface area contributed by atoms with E-state index in [1.165, 1.54) is 17.0 Å². The number of aromatic nitrogens is 1. The minimum atomic E-state index is 0.305. The molecule has 1 heterocycles. The van der Waals surface area contributed by atoms with E-state index in [0.717, 1.165) is 12.8 Å². The van der Waals surface area contributed by atoms with Crippen LogP contribution in [-0.2, 0) is 13.5 Å². The van der Waals surface area contributed by atoms with Crippen LogP contribution >= 0.6 is 0 Å². The zero-order chi connectivity index (χ0) is 10.0. The molecule has 0 bridgehead atoms. The van der Waals surface area contributed by atoms with Gasteiger partial charge in [0.1, 0.15) is 0 Å². The van der Waals surface area contributed by atoms with Gasteiger partial charge in [-0.1, -0.05) is 0 Å². The highest BCUT2D eigenvalue weighted by atomic mass is 14.9. The number of rotatable bonds is 3. The Morgan fingerprint density at radius 1 is 1.46 bits per heavy atom. The van der Waals surface area contributed by atoms with Crippen molar-refractivity contribution in [3.63, 3.8) is 0 Å². The first-order chi connectivity index (χ1) is 6.02. The maximum absolute atomic E-state index is 5.73. The summed E-state index contributed by atoms with van der Waals surface area (Å²) < 4.78 is 2.23. The molecule has 74 valence electrons. The molecule has 0 aliphatic rings. The van der Waals surface area contributed by atoms with Gasteiger partial charge in [-0.3, -0.25) is 0 Å². The lowest BCUT2D eigenvalue weighted by atomic mass is 10.1. The highest BCUT2D eigenvalue weighted by molar-refractivity contribution is 5.26. The van der Waals surface area contributed by atoms with Gasteiger partial charge in [-0.2, -0.15) is 0 Å². The van der Waals surface area contributed by atoms with Gasteiger partial charge in [0.15, 0.2) is 0 Å². The zero-order valence-electron chi connectivity index (χ0n) is 9.09. The van der Waals surface area contributed by atoms with Crippen LogP contribution in [-0.4, -0.2) is 10.6 Å². The van der Waals surface area contributed by atoms with Gasteiger partial charge in [0, 0.05) is 24.5 Å². The molecule has 2 nitrogen and oxygen atoms in total. The number of hydrogen-bond donors (Lipinski definition) is 1. The van der Waals surface area contributed by atoms with E-state index in [9.17, 15) is 0 Å². The van der Waals surface area contributed by atoms with Gasteiger partial charge in [-0.25, -0.2) is 0 Å². The summed E-state index contributed by atoms with van der Waals surface area (Å²) >= 11 is 0. The molecule has 1 unspecified atom stereocenters. The minimum absolute atomic E-state index is 0.305. The third kappa shape index (κ3) is 2.34. The Morgan fingerprint density at radius 2 is 2.08 bits per heavy atom. The molecule has 0 saturated heterocycles. The fourth-order valence-electron chi connectivity index (χ4n) is 1.57. The second kappa shape index (κ2) is 3.97. The van der Waals surface area contributed by atoms with E-state index in [1.54, 1.807) is 0 Å². The predicted octanol–water partition coefficient (Wildman–Crippen LogP) is 1.92. The Morgan fingerprint density at radius 3 is 2.46 bits per heavy atom. The summed E-state index contributed by atoms with van der Waals surface area (Å²) in [6.07, 6.45) is 2.18. The van der Waals surface area contributed by atoms with Crippen molar-refractivity contribution >= 4 is 0 Å². The molecule has 0 fully saturated rings. The molecule has 0 saturated carbocycles. The molecular weight excluding hydrogens is 160 g/mol. The van der Waals surface area contributed by atoms with Crippen molar-refractivity contribution in [2.24, 2.45) is 12.8 Å². The van der Waals surface area contributed by atoms with Crippen LogP contribution in [0.1, 0.15) is 30.3 Å². The number of nitrogens with zero attached hydrogens (tertiary/aromatic N) is 1. The maximum atomic E-state index is 5.73. The SMILES string of the molecule is Cc1cc(CCC(C)N)c(C)n1C. The molecule has 0 spiro atoms. The molecule has 0 aliphatic carbocycles. The fraction of sp³-hybridized carbons (Fsp3) is 0.636. The van der Waals surface area contributed by atoms with Gasteiger partial charge < -0.3 is 10.3 Å². The van der Waals surface area contributed by atoms with E-state index in [-0.39, 0.29) is 0 Å². The maximum Gasteiger partial charge on any atom is 0.0175 e. The highest BCUT2D eigenvalue weighted by Crippen LogP contribution is 2.15. The summed E-state index contributed by atoms with van der Waals surface area (Å²) in [5, 5.41) is 0. The molecule has 2 heteroatoms. The van der Waals surface area contributed by atoms with Crippen LogP contribution < -0.4 is 5.73 Å². The second-order valence-electron chi connectivity index (χ2n) is 3.97. The number of hydrogen-bond acceptors (Lipinski definition) is 1. The molecule has 1 atom stereocenters. The monoisotopic (exact) mass is 180 g/mol. The van der Waals surface area contributed by atoms with Gasteiger partial charge in [-0.05, 0) is 45.2 Å². The molecule has 0 aromatic carbocycles. The normalized spacial score (nSPS) is 13.3. The van der Waals surface area contributed by atoms with Crippen molar-refractivity contribution < 1.29 is 0 Å². The van der Waals surface area contributed by atoms with E-state index >= 15 is 0 Å². The lowest BCUT2D eigenvalue weighted by Crippen LogP contribution is -2.15. The average molecular weight is 180 g/mol. The first-order valence-electron chi connectivity index (χ1n) is 4.89. The van der Waals surface area contributed by atoms with Crippen molar-refractivity contribution in [2.75, 3.05) is 0 Å². The summed E-state index contributed by atoms with van der Waals surface area (Å²) in [7, 11) is 2.11. The Hall–Kier alpha value is -0.760. The average Bonchev–Trinajstić information content (AvgIpc) is 2.29. The van der Waals surface area contributed by atoms with Crippen LogP contribution in [0.4, 0.5) is 0 Å². The Balaban J connectivity index is 2.72. The topological polar surface area (TPSA) is 30.9 Å². The first kappa shape index (κ1) is 10.3. The van der Waals surface area contributed by atoms with Gasteiger partial charge in [-0.15, -0.1) is 0 Å². The standard InChI is InChI=1S/C11H20N2/c1-8(12)5-6-11-7-9(2)13(4)10(11)3/h7-8H,5-6,12H2,1-4H3. The largest absolute Gasteiger partial charge is 0.352 e. The molecule has 0 amide bonds. The Bertz CT molecular complexity index is 285. The van der Waals surface area contributed by atoms with Crippen LogP contribution in [0.2, 0.25) is 0 Å². The molecule has 2 N–H and O–H groups in total. The van der Waals surface area contributed by atoms with E-state index in [4.69, 9.17) is 5.73 Å². The number of nitrogens with two attached hydrogens (primary N) is 1. The van der Waals surface area contributed by atoms with Gasteiger partial charge in [0.25, 0.3) is 0 Å². The lowest BCUT2D eigenvalue weighted by Gasteiger charge is -2.05. The molecule has 0 radical (unpaired) electrons. The highest BCUT2D eigenvalue weighted by Gasteiger charge is 2.06. The van der Waals surface area contributed by atoms with E-state index in [2.05, 4.69) is 38.5 Å². The van der Waals surface area contributed by atoms with Crippen LogP contribution in [0.25, 0.3) is 0 Å². The summed E-state index contributed by atoms with van der Waals surface area (Å²) in [5.74, 6) is 0. The van der Waals surface area contributed by atoms with Crippen LogP contribution in [0, 0.1) is 13.8 Å². The van der Waals surface area contributed by atoms with Crippen LogP contribution in [0.3, 0.4) is 0 Å². The fourth-order valence-corrected chi connectivity index (χ4v) is 1.57. The predicted molar refractivity (Wildman–Crippen MR) is 56.9 cm³/mol. The van der Waals surface area contributed by atoms with Crippen LogP contribution in [0.15, 0.2) is 6.07 Å². The summed E-state index contributed by atoms with van der Waals surface area (Å²) in [6.45, 7) is 6.37. The summed E-state index contributed by atoms with van der Waals surface area (Å²) in [6, 6.07) is 2.57. The lowest BCUT2D eigenvalue weighted by molar-refractivity contribution is 0.663. The van der Waals surface area contributed by atoms with Gasteiger partial charge in [0.2, 0.25) is 0 Å². The molecule has 1 aromatic rings. The zero-order valence-corrected chi connectivity index (χ0v) is 9.09. The Kier molecular flexibility index (Phi) is 3.15. The van der Waals surface area contributed by atoms with E-state index in [0.29, 0.717) is 6.04 Å². The van der Waals surface area contributed by atoms with E-state index in [1.807, 2.05) is 0 Å². The van der Waals surface area contributed by atoms with Crippen molar-refractivity contribution in [2.45, 2.75) is 39.7 Å². The third-order valence-electron chi connectivity index (χ3n) is 2.75. The molecule has 0 aliphatic heterocycles.